The minimum atomic E-state index is 0.625. The lowest BCUT2D eigenvalue weighted by atomic mass is 9.91. The zero-order valence-corrected chi connectivity index (χ0v) is 27.0. The average molecular weight is 640 g/mol. The fraction of sp³-hybridized carbons (Fsp3) is 0. The number of para-hydroxylation sites is 1. The molecule has 6 aromatic carbocycles. The van der Waals surface area contributed by atoms with Crippen molar-refractivity contribution in [1.82, 2.24) is 24.9 Å². The second kappa shape index (κ2) is 12.6. The second-order valence-corrected chi connectivity index (χ2v) is 12.1. The van der Waals surface area contributed by atoms with E-state index in [0.29, 0.717) is 17.5 Å². The van der Waals surface area contributed by atoms with Gasteiger partial charge in [-0.3, -0.25) is 4.98 Å². The van der Waals surface area contributed by atoms with Crippen molar-refractivity contribution in [3.8, 4) is 67.7 Å². The van der Waals surface area contributed by atoms with Gasteiger partial charge >= 0.3 is 0 Å². The molecule has 0 aliphatic heterocycles. The van der Waals surface area contributed by atoms with Gasteiger partial charge in [-0.05, 0) is 28.8 Å². The van der Waals surface area contributed by atoms with Crippen molar-refractivity contribution in [2.45, 2.75) is 0 Å². The lowest BCUT2D eigenvalue weighted by Gasteiger charge is -2.16. The first kappa shape index (κ1) is 29.3. The predicted molar refractivity (Wildman–Crippen MR) is 203 cm³/mol. The highest BCUT2D eigenvalue weighted by molar-refractivity contribution is 6.19. The summed E-state index contributed by atoms with van der Waals surface area (Å²) < 4.78 is 0. The smallest absolute Gasteiger partial charge is 0.164 e. The summed E-state index contributed by atoms with van der Waals surface area (Å²) in [5.74, 6) is 1.91. The molecule has 0 bridgehead atoms. The molecule has 3 aromatic heterocycles. The molecular weight excluding hydrogens is 611 g/mol. The number of hydrogen-bond donors (Lipinski definition) is 0. The van der Waals surface area contributed by atoms with Crippen LogP contribution < -0.4 is 0 Å². The Morgan fingerprint density at radius 3 is 1.34 bits per heavy atom. The standard InChI is InChI=1S/C45H29N5/c1-4-12-32(13-5-1)41-38-20-10-18-36(31-26-28-46-29-27-31)40(38)39-21-11-19-37(42(39)47-41)30-22-24-35(25-23-30)45-49-43(33-14-6-2-7-15-33)48-44(50-45)34-16-8-3-9-17-34/h1-29H. The molecule has 0 atom stereocenters. The number of hydrogen-bond acceptors (Lipinski definition) is 5. The van der Waals surface area contributed by atoms with Crippen LogP contribution >= 0.6 is 0 Å². The van der Waals surface area contributed by atoms with Gasteiger partial charge in [0.15, 0.2) is 17.5 Å². The van der Waals surface area contributed by atoms with E-state index in [-0.39, 0.29) is 0 Å². The van der Waals surface area contributed by atoms with Crippen LogP contribution in [0.3, 0.4) is 0 Å². The van der Waals surface area contributed by atoms with Crippen molar-refractivity contribution in [1.29, 1.82) is 0 Å². The third-order valence-electron chi connectivity index (χ3n) is 9.04. The van der Waals surface area contributed by atoms with Gasteiger partial charge in [-0.2, -0.15) is 0 Å². The van der Waals surface area contributed by atoms with Crippen molar-refractivity contribution in [3.05, 3.63) is 176 Å². The highest BCUT2D eigenvalue weighted by Gasteiger charge is 2.18. The van der Waals surface area contributed by atoms with E-state index in [0.717, 1.165) is 66.5 Å². The lowest BCUT2D eigenvalue weighted by Crippen LogP contribution is -2.00. The van der Waals surface area contributed by atoms with Crippen molar-refractivity contribution in [3.63, 3.8) is 0 Å². The maximum absolute atomic E-state index is 5.41. The quantitative estimate of drug-likeness (QED) is 0.169. The summed E-state index contributed by atoms with van der Waals surface area (Å²) in [6.45, 7) is 0. The van der Waals surface area contributed by atoms with Gasteiger partial charge in [-0.1, -0.05) is 152 Å². The van der Waals surface area contributed by atoms with Crippen LogP contribution in [0.15, 0.2) is 176 Å². The van der Waals surface area contributed by atoms with Gasteiger partial charge in [0.05, 0.1) is 11.2 Å². The molecule has 9 aromatic rings. The van der Waals surface area contributed by atoms with Crippen LogP contribution in [0.5, 0.6) is 0 Å². The van der Waals surface area contributed by atoms with Gasteiger partial charge in [0, 0.05) is 56.4 Å². The largest absolute Gasteiger partial charge is 0.265 e. The molecular formula is C45H29N5. The molecule has 0 aliphatic carbocycles. The molecule has 5 heteroatoms. The topological polar surface area (TPSA) is 64.5 Å². The van der Waals surface area contributed by atoms with E-state index in [4.69, 9.17) is 19.9 Å². The molecule has 5 nitrogen and oxygen atoms in total. The minimum Gasteiger partial charge on any atom is -0.265 e. The normalized spacial score (nSPS) is 11.2. The summed E-state index contributed by atoms with van der Waals surface area (Å²) in [6, 6.07) is 56.1. The molecule has 0 amide bonds. The van der Waals surface area contributed by atoms with Crippen LogP contribution in [0.25, 0.3) is 89.4 Å². The van der Waals surface area contributed by atoms with E-state index in [2.05, 4.69) is 102 Å². The Kier molecular flexibility index (Phi) is 7.41. The summed E-state index contributed by atoms with van der Waals surface area (Å²) in [7, 11) is 0. The molecule has 0 fully saturated rings. The molecule has 234 valence electrons. The third kappa shape index (κ3) is 5.37. The fourth-order valence-corrected chi connectivity index (χ4v) is 6.64. The van der Waals surface area contributed by atoms with E-state index >= 15 is 0 Å². The molecule has 0 saturated heterocycles. The summed E-state index contributed by atoms with van der Waals surface area (Å²) in [5, 5.41) is 3.39. The number of benzene rings is 6. The van der Waals surface area contributed by atoms with Gasteiger partial charge in [-0.15, -0.1) is 0 Å². The van der Waals surface area contributed by atoms with Crippen LogP contribution in [-0.4, -0.2) is 24.9 Å². The molecule has 9 rings (SSSR count). The first-order chi connectivity index (χ1) is 24.8. The molecule has 0 saturated carbocycles. The van der Waals surface area contributed by atoms with E-state index in [1.807, 2.05) is 79.1 Å². The van der Waals surface area contributed by atoms with Crippen LogP contribution in [0.2, 0.25) is 0 Å². The maximum Gasteiger partial charge on any atom is 0.164 e. The Hall–Kier alpha value is -6.85. The number of aromatic nitrogens is 5. The Balaban J connectivity index is 1.21. The Labute approximate surface area is 289 Å². The molecule has 0 aliphatic rings. The molecule has 0 unspecified atom stereocenters. The number of nitrogens with zero attached hydrogens (tertiary/aromatic N) is 5. The first-order valence-electron chi connectivity index (χ1n) is 16.6. The Morgan fingerprint density at radius 1 is 0.300 bits per heavy atom. The number of pyridine rings is 2. The SMILES string of the molecule is c1ccc(-c2nc(-c3ccccc3)nc(-c3ccc(-c4cccc5c4nc(-c4ccccc4)c4cccc(-c6ccncc6)c45)cc3)n2)cc1. The lowest BCUT2D eigenvalue weighted by molar-refractivity contribution is 1.07. The highest BCUT2D eigenvalue weighted by Crippen LogP contribution is 2.41. The van der Waals surface area contributed by atoms with Gasteiger partial charge in [-0.25, -0.2) is 19.9 Å². The molecule has 0 spiro atoms. The summed E-state index contributed by atoms with van der Waals surface area (Å²) in [4.78, 5) is 24.4. The molecule has 0 radical (unpaired) electrons. The van der Waals surface area contributed by atoms with Gasteiger partial charge < -0.3 is 0 Å². The summed E-state index contributed by atoms with van der Waals surface area (Å²) in [6.07, 6.45) is 3.70. The van der Waals surface area contributed by atoms with Crippen LogP contribution in [0, 0.1) is 0 Å². The van der Waals surface area contributed by atoms with Gasteiger partial charge in [0.25, 0.3) is 0 Å². The van der Waals surface area contributed by atoms with Crippen molar-refractivity contribution >= 4 is 21.7 Å². The first-order valence-corrected chi connectivity index (χ1v) is 16.6. The Bertz CT molecular complexity index is 2550. The van der Waals surface area contributed by atoms with E-state index in [1.165, 1.54) is 5.39 Å². The summed E-state index contributed by atoms with van der Waals surface area (Å²) in [5.41, 5.74) is 10.2. The molecule has 0 N–H and O–H groups in total. The number of rotatable bonds is 6. The monoisotopic (exact) mass is 639 g/mol. The Morgan fingerprint density at radius 2 is 0.760 bits per heavy atom. The molecule has 3 heterocycles. The number of fused-ring (bicyclic) bond motifs is 3. The predicted octanol–water partition coefficient (Wildman–Crippen LogP) is 11.0. The zero-order chi connectivity index (χ0) is 33.3. The van der Waals surface area contributed by atoms with Crippen molar-refractivity contribution in [2.75, 3.05) is 0 Å². The van der Waals surface area contributed by atoms with Crippen LogP contribution in [0.1, 0.15) is 0 Å². The van der Waals surface area contributed by atoms with Crippen LogP contribution in [0.4, 0.5) is 0 Å². The second-order valence-electron chi connectivity index (χ2n) is 12.1. The average Bonchev–Trinajstić information content (AvgIpc) is 3.21. The van der Waals surface area contributed by atoms with Crippen molar-refractivity contribution in [2.24, 2.45) is 0 Å². The van der Waals surface area contributed by atoms with E-state index in [9.17, 15) is 0 Å². The fourth-order valence-electron chi connectivity index (χ4n) is 6.64. The van der Waals surface area contributed by atoms with Gasteiger partial charge in [0.2, 0.25) is 0 Å². The highest BCUT2D eigenvalue weighted by atomic mass is 15.0. The summed E-state index contributed by atoms with van der Waals surface area (Å²) >= 11 is 0. The third-order valence-corrected chi connectivity index (χ3v) is 9.04. The van der Waals surface area contributed by atoms with Gasteiger partial charge in [0.1, 0.15) is 0 Å². The maximum atomic E-state index is 5.41. The minimum absolute atomic E-state index is 0.625. The van der Waals surface area contributed by atoms with Crippen molar-refractivity contribution < 1.29 is 0 Å². The van der Waals surface area contributed by atoms with E-state index in [1.54, 1.807) is 0 Å². The van der Waals surface area contributed by atoms with Crippen LogP contribution in [-0.2, 0) is 0 Å². The zero-order valence-electron chi connectivity index (χ0n) is 27.0. The molecule has 50 heavy (non-hydrogen) atoms. The van der Waals surface area contributed by atoms with E-state index < -0.39 is 0 Å².